The molecule has 128 valence electrons. The van der Waals surface area contributed by atoms with E-state index in [1.807, 2.05) is 31.2 Å². The van der Waals surface area contributed by atoms with Crippen LogP contribution in [0.5, 0.6) is 0 Å². The van der Waals surface area contributed by atoms with Crippen molar-refractivity contribution in [3.63, 3.8) is 0 Å². The Morgan fingerprint density at radius 3 is 2.24 bits per heavy atom. The average molecular weight is 351 g/mol. The minimum Gasteiger partial charge on any atom is -0.477 e. The molecule has 0 spiro atoms. The molecule has 0 aliphatic rings. The van der Waals surface area contributed by atoms with E-state index in [0.29, 0.717) is 5.57 Å². The first-order chi connectivity index (χ1) is 12.0. The minimum atomic E-state index is -1.22. The van der Waals surface area contributed by atoms with Gasteiger partial charge in [-0.25, -0.2) is 4.79 Å². The van der Waals surface area contributed by atoms with Crippen LogP contribution in [0, 0.1) is 11.3 Å². The summed E-state index contributed by atoms with van der Waals surface area (Å²) in [5.41, 5.74) is 2.66. The van der Waals surface area contributed by atoms with Crippen LogP contribution in [0.25, 0.3) is 6.08 Å². The van der Waals surface area contributed by atoms with Gasteiger partial charge in [-0.3, -0.25) is 0 Å². The van der Waals surface area contributed by atoms with Crippen molar-refractivity contribution in [2.45, 2.75) is 18.7 Å². The predicted octanol–water partition coefficient (Wildman–Crippen LogP) is 5.41. The van der Waals surface area contributed by atoms with E-state index in [2.05, 4.69) is 36.6 Å². The Hall–Kier alpha value is -2.77. The lowest BCUT2D eigenvalue weighted by Gasteiger charge is -1.97. The zero-order valence-electron chi connectivity index (χ0n) is 14.6. The number of aliphatic carboxylic acids is 1. The first kappa shape index (κ1) is 20.3. The summed E-state index contributed by atoms with van der Waals surface area (Å²) in [6, 6.07) is 10.0. The van der Waals surface area contributed by atoms with E-state index >= 15 is 0 Å². The highest BCUT2D eigenvalue weighted by atomic mass is 32.2. The Balaban J connectivity index is 2.68. The number of benzene rings is 1. The summed E-state index contributed by atoms with van der Waals surface area (Å²) in [6.45, 7) is 3.76. The quantitative estimate of drug-likeness (QED) is 0.309. The fraction of sp³-hybridized carbons (Fsp3) is 0.143. The van der Waals surface area contributed by atoms with Gasteiger partial charge in [0.05, 0.1) is 0 Å². The lowest BCUT2D eigenvalue weighted by atomic mass is 10.1. The van der Waals surface area contributed by atoms with Crippen molar-refractivity contribution in [3.05, 3.63) is 83.0 Å². The number of nitriles is 1. The number of thioether (sulfide) groups is 1. The van der Waals surface area contributed by atoms with Crippen LogP contribution in [0.1, 0.15) is 19.4 Å². The second-order valence-corrected chi connectivity index (χ2v) is 6.17. The molecule has 0 aliphatic carbocycles. The number of hydrogen-bond acceptors (Lipinski definition) is 3. The van der Waals surface area contributed by atoms with Crippen LogP contribution in [-0.4, -0.2) is 17.3 Å². The number of allylic oxidation sites excluding steroid dienone is 8. The molecule has 0 radical (unpaired) electrons. The molecule has 0 atom stereocenters. The predicted molar refractivity (Wildman–Crippen MR) is 105 cm³/mol. The van der Waals surface area contributed by atoms with Crippen LogP contribution in [0.3, 0.4) is 0 Å². The number of rotatable bonds is 7. The van der Waals surface area contributed by atoms with E-state index in [4.69, 9.17) is 10.4 Å². The van der Waals surface area contributed by atoms with Crippen molar-refractivity contribution in [2.24, 2.45) is 0 Å². The number of carboxylic acid groups (broad SMARTS) is 1. The molecule has 0 unspecified atom stereocenters. The molecule has 4 heteroatoms. The maximum Gasteiger partial charge on any atom is 0.346 e. The van der Waals surface area contributed by atoms with Crippen molar-refractivity contribution in [1.82, 2.24) is 0 Å². The normalized spacial score (nSPS) is 13.4. The van der Waals surface area contributed by atoms with E-state index < -0.39 is 5.97 Å². The average Bonchev–Trinajstić information content (AvgIpc) is 2.61. The molecule has 25 heavy (non-hydrogen) atoms. The number of carboxylic acids is 1. The summed E-state index contributed by atoms with van der Waals surface area (Å²) in [4.78, 5) is 12.0. The van der Waals surface area contributed by atoms with E-state index in [-0.39, 0.29) is 5.57 Å². The van der Waals surface area contributed by atoms with Gasteiger partial charge in [0.25, 0.3) is 0 Å². The van der Waals surface area contributed by atoms with Crippen LogP contribution in [-0.2, 0) is 4.79 Å². The van der Waals surface area contributed by atoms with Gasteiger partial charge in [-0.15, -0.1) is 11.8 Å². The molecule has 1 rings (SSSR count). The first-order valence-electron chi connectivity index (χ1n) is 7.65. The van der Waals surface area contributed by atoms with E-state index in [1.54, 1.807) is 30.8 Å². The van der Waals surface area contributed by atoms with Crippen LogP contribution in [0.2, 0.25) is 0 Å². The van der Waals surface area contributed by atoms with E-state index in [0.717, 1.165) is 11.1 Å². The van der Waals surface area contributed by atoms with Gasteiger partial charge in [-0.2, -0.15) is 5.26 Å². The third-order valence-corrected chi connectivity index (χ3v) is 3.95. The van der Waals surface area contributed by atoms with Gasteiger partial charge in [0.2, 0.25) is 0 Å². The highest BCUT2D eigenvalue weighted by molar-refractivity contribution is 7.98. The molecule has 1 N–H and O–H groups in total. The highest BCUT2D eigenvalue weighted by Crippen LogP contribution is 2.16. The van der Waals surface area contributed by atoms with Crippen molar-refractivity contribution < 1.29 is 9.90 Å². The Kier molecular flexibility index (Phi) is 8.84. The second-order valence-electron chi connectivity index (χ2n) is 5.29. The van der Waals surface area contributed by atoms with Crippen LogP contribution in [0.4, 0.5) is 0 Å². The monoisotopic (exact) mass is 351 g/mol. The van der Waals surface area contributed by atoms with Crippen molar-refractivity contribution in [3.8, 4) is 6.07 Å². The first-order valence-corrected chi connectivity index (χ1v) is 8.88. The SMILES string of the molecule is CSc1ccc(C=CC(C)=CC=CC=C(C)C=C(C#N)C(=O)O)cc1. The second kappa shape index (κ2) is 10.9. The molecule has 0 heterocycles. The molecule has 0 bridgehead atoms. The highest BCUT2D eigenvalue weighted by Gasteiger charge is 2.04. The Morgan fingerprint density at radius 1 is 1.12 bits per heavy atom. The Morgan fingerprint density at radius 2 is 1.72 bits per heavy atom. The third-order valence-electron chi connectivity index (χ3n) is 3.21. The lowest BCUT2D eigenvalue weighted by molar-refractivity contribution is -0.132. The molecule has 0 aromatic heterocycles. The summed E-state index contributed by atoms with van der Waals surface area (Å²) in [7, 11) is 0. The van der Waals surface area contributed by atoms with Gasteiger partial charge < -0.3 is 5.11 Å². The maximum absolute atomic E-state index is 10.8. The standard InChI is InChI=1S/C21H21NO2S/c1-16(8-9-18-10-12-20(25-3)13-11-18)6-4-5-7-17(2)14-19(15-22)21(23)24/h4-14H,1-3H3,(H,23,24). The Labute approximate surface area is 153 Å². The zero-order chi connectivity index (χ0) is 18.7. The van der Waals surface area contributed by atoms with Gasteiger partial charge in [-0.1, -0.05) is 54.2 Å². The summed E-state index contributed by atoms with van der Waals surface area (Å²) in [5.74, 6) is -1.22. The van der Waals surface area contributed by atoms with Gasteiger partial charge in [-0.05, 0) is 49.4 Å². The number of carbonyl (C=O) groups is 1. The summed E-state index contributed by atoms with van der Waals surface area (Å²) in [6.07, 6.45) is 14.9. The van der Waals surface area contributed by atoms with Crippen LogP contribution < -0.4 is 0 Å². The van der Waals surface area contributed by atoms with Gasteiger partial charge in [0.15, 0.2) is 0 Å². The maximum atomic E-state index is 10.8. The summed E-state index contributed by atoms with van der Waals surface area (Å²) < 4.78 is 0. The zero-order valence-corrected chi connectivity index (χ0v) is 15.4. The molecule has 0 amide bonds. The van der Waals surface area contributed by atoms with Gasteiger partial charge in [0, 0.05) is 4.90 Å². The molecule has 0 saturated carbocycles. The summed E-state index contributed by atoms with van der Waals surface area (Å²) >= 11 is 1.72. The molecule has 1 aromatic rings. The molecule has 1 aromatic carbocycles. The Bertz CT molecular complexity index is 788. The molecular weight excluding hydrogens is 330 g/mol. The van der Waals surface area contributed by atoms with Crippen molar-refractivity contribution in [2.75, 3.05) is 6.26 Å². The topological polar surface area (TPSA) is 61.1 Å². The van der Waals surface area contributed by atoms with Crippen molar-refractivity contribution >= 4 is 23.8 Å². The molecule has 0 saturated heterocycles. The lowest BCUT2D eigenvalue weighted by Crippen LogP contribution is -1.97. The third kappa shape index (κ3) is 8.05. The molecular formula is C21H21NO2S. The minimum absolute atomic E-state index is 0.274. The van der Waals surface area contributed by atoms with E-state index in [1.165, 1.54) is 11.0 Å². The fourth-order valence-corrected chi connectivity index (χ4v) is 2.24. The fourth-order valence-electron chi connectivity index (χ4n) is 1.83. The summed E-state index contributed by atoms with van der Waals surface area (Å²) in [5, 5.41) is 17.5. The van der Waals surface area contributed by atoms with Crippen LogP contribution in [0.15, 0.2) is 82.3 Å². The number of nitrogens with zero attached hydrogens (tertiary/aromatic N) is 1. The van der Waals surface area contributed by atoms with Crippen molar-refractivity contribution in [1.29, 1.82) is 5.26 Å². The van der Waals surface area contributed by atoms with E-state index in [9.17, 15) is 4.79 Å². The van der Waals surface area contributed by atoms with Gasteiger partial charge >= 0.3 is 5.97 Å². The number of hydrogen-bond donors (Lipinski definition) is 1. The smallest absolute Gasteiger partial charge is 0.346 e. The largest absolute Gasteiger partial charge is 0.477 e. The molecule has 0 fully saturated rings. The van der Waals surface area contributed by atoms with Crippen LogP contribution >= 0.6 is 11.8 Å². The molecule has 3 nitrogen and oxygen atoms in total. The van der Waals surface area contributed by atoms with Gasteiger partial charge in [0.1, 0.15) is 11.6 Å². The molecule has 0 aliphatic heterocycles.